The number of rotatable bonds is 6. The summed E-state index contributed by atoms with van der Waals surface area (Å²) in [5, 5.41) is 5.83. The van der Waals surface area contributed by atoms with Crippen molar-refractivity contribution < 1.29 is 14.3 Å². The molecule has 3 amide bonds. The SMILES string of the molecule is CCC(C)(C)NC(=O)c1ccc(NC(=O)N(C)C[C@H]2CCCO2)cc1. The van der Waals surface area contributed by atoms with E-state index in [-0.39, 0.29) is 23.6 Å². The molecule has 2 rings (SSSR count). The van der Waals surface area contributed by atoms with Crippen LogP contribution in [-0.2, 0) is 4.74 Å². The van der Waals surface area contributed by atoms with Crippen LogP contribution >= 0.6 is 0 Å². The van der Waals surface area contributed by atoms with Gasteiger partial charge in [0.05, 0.1) is 6.10 Å². The normalized spacial score (nSPS) is 17.2. The van der Waals surface area contributed by atoms with E-state index >= 15 is 0 Å². The number of carbonyl (C=O) groups excluding carboxylic acids is 2. The fourth-order valence-electron chi connectivity index (χ4n) is 2.57. The van der Waals surface area contributed by atoms with E-state index in [1.165, 1.54) is 0 Å². The first-order chi connectivity index (χ1) is 11.8. The van der Waals surface area contributed by atoms with E-state index in [4.69, 9.17) is 4.74 Å². The van der Waals surface area contributed by atoms with Crippen molar-refractivity contribution >= 4 is 17.6 Å². The Balaban J connectivity index is 1.88. The second-order valence-electron chi connectivity index (χ2n) is 7.21. The highest BCUT2D eigenvalue weighted by atomic mass is 16.5. The second-order valence-corrected chi connectivity index (χ2v) is 7.21. The Morgan fingerprint density at radius 1 is 1.28 bits per heavy atom. The van der Waals surface area contributed by atoms with Crippen molar-refractivity contribution in [2.24, 2.45) is 0 Å². The molecule has 1 fully saturated rings. The molecule has 0 spiro atoms. The molecule has 1 aromatic carbocycles. The van der Waals surface area contributed by atoms with Crippen molar-refractivity contribution in [3.8, 4) is 0 Å². The van der Waals surface area contributed by atoms with Gasteiger partial charge in [-0.05, 0) is 57.4 Å². The maximum atomic E-state index is 12.2. The Hall–Kier alpha value is -2.08. The fraction of sp³-hybridized carbons (Fsp3) is 0.579. The zero-order valence-electron chi connectivity index (χ0n) is 15.6. The lowest BCUT2D eigenvalue weighted by molar-refractivity contribution is 0.0894. The summed E-state index contributed by atoms with van der Waals surface area (Å²) >= 11 is 0. The lowest BCUT2D eigenvalue weighted by Crippen LogP contribution is -2.42. The number of nitrogens with one attached hydrogen (secondary N) is 2. The molecule has 2 N–H and O–H groups in total. The highest BCUT2D eigenvalue weighted by molar-refractivity contribution is 5.95. The number of carbonyl (C=O) groups is 2. The quantitative estimate of drug-likeness (QED) is 0.830. The molecule has 1 aliphatic heterocycles. The van der Waals surface area contributed by atoms with Crippen LogP contribution in [0.15, 0.2) is 24.3 Å². The molecule has 138 valence electrons. The Labute approximate surface area is 149 Å². The summed E-state index contributed by atoms with van der Waals surface area (Å²) in [6.45, 7) is 7.37. The van der Waals surface area contributed by atoms with Crippen LogP contribution in [0.1, 0.15) is 50.4 Å². The van der Waals surface area contributed by atoms with Crippen LogP contribution in [0.2, 0.25) is 0 Å². The number of benzene rings is 1. The number of amides is 3. The summed E-state index contributed by atoms with van der Waals surface area (Å²) in [5.41, 5.74) is 0.998. The molecule has 25 heavy (non-hydrogen) atoms. The number of urea groups is 1. The lowest BCUT2D eigenvalue weighted by atomic mass is 10.0. The summed E-state index contributed by atoms with van der Waals surface area (Å²) in [6, 6.07) is 6.74. The van der Waals surface area contributed by atoms with Gasteiger partial charge in [0.2, 0.25) is 0 Å². The third-order valence-electron chi connectivity index (χ3n) is 4.58. The van der Waals surface area contributed by atoms with E-state index in [1.54, 1.807) is 36.2 Å². The van der Waals surface area contributed by atoms with Gasteiger partial charge in [-0.2, -0.15) is 0 Å². The number of nitrogens with zero attached hydrogens (tertiary/aromatic N) is 1. The highest BCUT2D eigenvalue weighted by Crippen LogP contribution is 2.15. The molecule has 0 radical (unpaired) electrons. The molecule has 1 saturated heterocycles. The minimum atomic E-state index is -0.241. The monoisotopic (exact) mass is 347 g/mol. The van der Waals surface area contributed by atoms with Crippen molar-refractivity contribution in [1.29, 1.82) is 0 Å². The number of ether oxygens (including phenoxy) is 1. The van der Waals surface area contributed by atoms with Gasteiger partial charge in [0, 0.05) is 37.0 Å². The third-order valence-corrected chi connectivity index (χ3v) is 4.58. The van der Waals surface area contributed by atoms with Gasteiger partial charge in [-0.25, -0.2) is 4.79 Å². The van der Waals surface area contributed by atoms with Crippen molar-refractivity contribution in [3.05, 3.63) is 29.8 Å². The highest BCUT2D eigenvalue weighted by Gasteiger charge is 2.21. The molecule has 0 aromatic heterocycles. The standard InChI is InChI=1S/C19H29N3O3/c1-5-19(2,3)21-17(23)14-8-10-15(11-9-14)20-18(24)22(4)13-16-7-6-12-25-16/h8-11,16H,5-7,12-13H2,1-4H3,(H,20,24)(H,21,23)/t16-/m1/s1. The third kappa shape index (κ3) is 5.74. The van der Waals surface area contributed by atoms with E-state index in [0.717, 1.165) is 25.9 Å². The van der Waals surface area contributed by atoms with Gasteiger partial charge in [0.25, 0.3) is 5.91 Å². The summed E-state index contributed by atoms with van der Waals surface area (Å²) in [6.07, 6.45) is 3.03. The maximum Gasteiger partial charge on any atom is 0.321 e. The molecule has 0 unspecified atom stereocenters. The van der Waals surface area contributed by atoms with Gasteiger partial charge >= 0.3 is 6.03 Å². The van der Waals surface area contributed by atoms with E-state index < -0.39 is 0 Å². The number of hydrogen-bond donors (Lipinski definition) is 2. The first-order valence-corrected chi connectivity index (χ1v) is 8.87. The van der Waals surface area contributed by atoms with Gasteiger partial charge in [-0.1, -0.05) is 6.92 Å². The van der Waals surface area contributed by atoms with Crippen LogP contribution in [0.4, 0.5) is 10.5 Å². The van der Waals surface area contributed by atoms with E-state index in [9.17, 15) is 9.59 Å². The summed E-state index contributed by atoms with van der Waals surface area (Å²) in [4.78, 5) is 26.1. The zero-order chi connectivity index (χ0) is 18.4. The van der Waals surface area contributed by atoms with Crippen molar-refractivity contribution in [3.63, 3.8) is 0 Å². The molecule has 6 nitrogen and oxygen atoms in total. The molecule has 1 aliphatic rings. The number of anilines is 1. The molecule has 0 bridgehead atoms. The van der Waals surface area contributed by atoms with Crippen molar-refractivity contribution in [2.75, 3.05) is 25.5 Å². The van der Waals surface area contributed by atoms with Gasteiger partial charge in [0.1, 0.15) is 0 Å². The Morgan fingerprint density at radius 2 is 1.96 bits per heavy atom. The van der Waals surface area contributed by atoms with Crippen molar-refractivity contribution in [1.82, 2.24) is 10.2 Å². The van der Waals surface area contributed by atoms with Crippen LogP contribution in [0.25, 0.3) is 0 Å². The first-order valence-electron chi connectivity index (χ1n) is 8.87. The van der Waals surface area contributed by atoms with Gasteiger partial charge < -0.3 is 20.3 Å². The van der Waals surface area contributed by atoms with Gasteiger partial charge in [-0.15, -0.1) is 0 Å². The molecule has 1 atom stereocenters. The van der Waals surface area contributed by atoms with Crippen LogP contribution in [-0.4, -0.2) is 48.7 Å². The predicted molar refractivity (Wildman–Crippen MR) is 98.9 cm³/mol. The maximum absolute atomic E-state index is 12.2. The van der Waals surface area contributed by atoms with Crippen LogP contribution in [0.5, 0.6) is 0 Å². The second kappa shape index (κ2) is 8.34. The topological polar surface area (TPSA) is 70.7 Å². The van der Waals surface area contributed by atoms with Crippen molar-refractivity contribution in [2.45, 2.75) is 51.7 Å². The minimum absolute atomic E-state index is 0.111. The van der Waals surface area contributed by atoms with Crippen LogP contribution < -0.4 is 10.6 Å². The summed E-state index contributed by atoms with van der Waals surface area (Å²) < 4.78 is 5.55. The van der Waals surface area contributed by atoms with E-state index in [1.807, 2.05) is 20.8 Å². The Bertz CT molecular complexity index is 592. The zero-order valence-corrected chi connectivity index (χ0v) is 15.6. The average molecular weight is 347 g/mol. The minimum Gasteiger partial charge on any atom is -0.376 e. The predicted octanol–water partition coefficient (Wildman–Crippen LogP) is 3.25. The largest absolute Gasteiger partial charge is 0.376 e. The molecular weight excluding hydrogens is 318 g/mol. The molecule has 0 aliphatic carbocycles. The fourth-order valence-corrected chi connectivity index (χ4v) is 2.57. The Kier molecular flexibility index (Phi) is 6.42. The smallest absolute Gasteiger partial charge is 0.321 e. The van der Waals surface area contributed by atoms with Gasteiger partial charge in [-0.3, -0.25) is 4.79 Å². The van der Waals surface area contributed by atoms with Crippen LogP contribution in [0, 0.1) is 0 Å². The molecule has 1 aromatic rings. The van der Waals surface area contributed by atoms with E-state index in [0.29, 0.717) is 17.8 Å². The molecular formula is C19H29N3O3. The summed E-state index contributed by atoms with van der Waals surface area (Å²) in [7, 11) is 1.76. The Morgan fingerprint density at radius 3 is 2.52 bits per heavy atom. The molecule has 1 heterocycles. The van der Waals surface area contributed by atoms with Gasteiger partial charge in [0.15, 0.2) is 0 Å². The lowest BCUT2D eigenvalue weighted by Gasteiger charge is -2.24. The number of likely N-dealkylation sites (N-methyl/N-ethyl adjacent to an activating group) is 1. The molecule has 6 heteroatoms. The first kappa shape index (κ1) is 19.2. The number of hydrogen-bond acceptors (Lipinski definition) is 3. The van der Waals surface area contributed by atoms with E-state index in [2.05, 4.69) is 10.6 Å². The van der Waals surface area contributed by atoms with Crippen LogP contribution in [0.3, 0.4) is 0 Å². The average Bonchev–Trinajstić information content (AvgIpc) is 3.08. The summed E-state index contributed by atoms with van der Waals surface area (Å²) in [5.74, 6) is -0.111. The molecule has 0 saturated carbocycles.